The summed E-state index contributed by atoms with van der Waals surface area (Å²) in [7, 11) is 0. The van der Waals surface area contributed by atoms with Gasteiger partial charge in [0.15, 0.2) is 0 Å². The molecular formula is C15H18O3. The first-order chi connectivity index (χ1) is 8.46. The average Bonchev–Trinajstić information content (AvgIpc) is 2.42. The maximum atomic E-state index is 12.0. The largest absolute Gasteiger partial charge is 0.456 e. The van der Waals surface area contributed by atoms with E-state index in [1.807, 2.05) is 19.1 Å². The first-order valence-corrected chi connectivity index (χ1v) is 6.43. The van der Waals surface area contributed by atoms with Crippen molar-refractivity contribution in [3.8, 4) is 0 Å². The van der Waals surface area contributed by atoms with Crippen LogP contribution in [0.25, 0.3) is 0 Å². The van der Waals surface area contributed by atoms with E-state index in [0.29, 0.717) is 12.0 Å². The Morgan fingerprint density at radius 2 is 2.22 bits per heavy atom. The van der Waals surface area contributed by atoms with E-state index in [2.05, 4.69) is 19.6 Å². The molecule has 0 aromatic rings. The quantitative estimate of drug-likeness (QED) is 0.486. The topological polar surface area (TPSA) is 35.5 Å². The first-order valence-electron chi connectivity index (χ1n) is 6.43. The third-order valence-corrected chi connectivity index (χ3v) is 4.53. The van der Waals surface area contributed by atoms with Gasteiger partial charge in [-0.3, -0.25) is 0 Å². The van der Waals surface area contributed by atoms with Gasteiger partial charge in [-0.1, -0.05) is 18.7 Å². The first kappa shape index (κ1) is 11.6. The van der Waals surface area contributed by atoms with Crippen molar-refractivity contribution in [3.05, 3.63) is 36.1 Å². The van der Waals surface area contributed by atoms with Crippen LogP contribution in [-0.4, -0.2) is 11.8 Å². The molecule has 0 aromatic heterocycles. The number of hydrogen-bond acceptors (Lipinski definition) is 3. The Bertz CT molecular complexity index is 488. The summed E-state index contributed by atoms with van der Waals surface area (Å²) in [6, 6.07) is 0. The number of carbonyl (C=O) groups excluding carboxylic acids is 1. The van der Waals surface area contributed by atoms with E-state index in [9.17, 15) is 4.79 Å². The molecule has 96 valence electrons. The lowest BCUT2D eigenvalue weighted by molar-refractivity contribution is -0.280. The molecule has 0 aromatic carbocycles. The molecule has 3 rings (SSSR count). The summed E-state index contributed by atoms with van der Waals surface area (Å²) < 4.78 is 11.7. The predicted octanol–water partition coefficient (Wildman–Crippen LogP) is 3.09. The van der Waals surface area contributed by atoms with Crippen LogP contribution < -0.4 is 0 Å². The summed E-state index contributed by atoms with van der Waals surface area (Å²) in [6.07, 6.45) is 8.66. The third kappa shape index (κ3) is 1.39. The van der Waals surface area contributed by atoms with Crippen molar-refractivity contribution in [2.45, 2.75) is 38.9 Å². The van der Waals surface area contributed by atoms with Crippen LogP contribution in [0.5, 0.6) is 0 Å². The van der Waals surface area contributed by atoms with Gasteiger partial charge in [-0.25, -0.2) is 4.79 Å². The molecule has 3 atom stereocenters. The monoisotopic (exact) mass is 246 g/mol. The number of fused-ring (bicyclic) bond motifs is 1. The van der Waals surface area contributed by atoms with Crippen LogP contribution in [0.4, 0.5) is 0 Å². The van der Waals surface area contributed by atoms with Crippen molar-refractivity contribution in [2.75, 3.05) is 0 Å². The summed E-state index contributed by atoms with van der Waals surface area (Å²) in [5.41, 5.74) is 0.342. The van der Waals surface area contributed by atoms with Crippen LogP contribution in [0.2, 0.25) is 0 Å². The molecule has 2 bridgehead atoms. The van der Waals surface area contributed by atoms with Gasteiger partial charge in [0.2, 0.25) is 0 Å². The minimum Gasteiger partial charge on any atom is -0.456 e. The lowest BCUT2D eigenvalue weighted by atomic mass is 9.64. The summed E-state index contributed by atoms with van der Waals surface area (Å²) in [5, 5.41) is 0. The van der Waals surface area contributed by atoms with Crippen molar-refractivity contribution in [1.82, 2.24) is 0 Å². The van der Waals surface area contributed by atoms with E-state index < -0.39 is 5.79 Å². The van der Waals surface area contributed by atoms with Gasteiger partial charge in [0.05, 0.1) is 11.2 Å². The van der Waals surface area contributed by atoms with Gasteiger partial charge < -0.3 is 9.47 Å². The van der Waals surface area contributed by atoms with Gasteiger partial charge in [-0.05, 0) is 38.7 Å². The third-order valence-electron chi connectivity index (χ3n) is 4.53. The molecule has 0 N–H and O–H groups in total. The molecule has 1 spiro atoms. The normalized spacial score (nSPS) is 42.3. The smallest absolute Gasteiger partial charge is 0.337 e. The molecule has 2 heterocycles. The number of rotatable bonds is 0. The van der Waals surface area contributed by atoms with Gasteiger partial charge in [0.25, 0.3) is 5.79 Å². The van der Waals surface area contributed by atoms with Crippen molar-refractivity contribution >= 4 is 5.97 Å². The summed E-state index contributed by atoms with van der Waals surface area (Å²) in [4.78, 5) is 12.0. The van der Waals surface area contributed by atoms with E-state index in [4.69, 9.17) is 9.47 Å². The summed E-state index contributed by atoms with van der Waals surface area (Å²) in [6.45, 7) is 7.85. The highest BCUT2D eigenvalue weighted by atomic mass is 16.7. The number of ether oxygens (including phenoxy) is 2. The van der Waals surface area contributed by atoms with Crippen LogP contribution in [0.15, 0.2) is 36.1 Å². The lowest BCUT2D eigenvalue weighted by Gasteiger charge is -2.53. The van der Waals surface area contributed by atoms with Crippen molar-refractivity contribution < 1.29 is 14.3 Å². The molecule has 2 fully saturated rings. The molecule has 18 heavy (non-hydrogen) atoms. The molecule has 0 radical (unpaired) electrons. The van der Waals surface area contributed by atoms with Gasteiger partial charge in [0, 0.05) is 12.0 Å². The predicted molar refractivity (Wildman–Crippen MR) is 67.4 cm³/mol. The maximum absolute atomic E-state index is 12.0. The Morgan fingerprint density at radius 1 is 1.44 bits per heavy atom. The molecule has 3 nitrogen and oxygen atoms in total. The number of hydrogen-bond donors (Lipinski definition) is 0. The van der Waals surface area contributed by atoms with Crippen molar-refractivity contribution in [1.29, 1.82) is 0 Å². The Kier molecular flexibility index (Phi) is 2.25. The van der Waals surface area contributed by atoms with Gasteiger partial charge in [-0.15, -0.1) is 0 Å². The fourth-order valence-electron chi connectivity index (χ4n) is 3.24. The molecule has 1 saturated carbocycles. The zero-order chi connectivity index (χ0) is 13.0. The molecule has 1 saturated heterocycles. The highest BCUT2D eigenvalue weighted by molar-refractivity contribution is 5.89. The Labute approximate surface area is 107 Å². The Morgan fingerprint density at radius 3 is 3.00 bits per heavy atom. The van der Waals surface area contributed by atoms with Crippen LogP contribution in [-0.2, 0) is 14.3 Å². The van der Waals surface area contributed by atoms with Crippen LogP contribution in [0.3, 0.4) is 0 Å². The Hall–Kier alpha value is -1.51. The fraction of sp³-hybridized carbons (Fsp3) is 0.533. The van der Waals surface area contributed by atoms with E-state index in [1.165, 1.54) is 0 Å². The highest BCUT2D eigenvalue weighted by Gasteiger charge is 2.60. The van der Waals surface area contributed by atoms with E-state index in [-0.39, 0.29) is 17.3 Å². The number of carbonyl (C=O) groups is 1. The molecule has 3 aliphatic rings. The van der Waals surface area contributed by atoms with Crippen LogP contribution in [0, 0.1) is 11.3 Å². The molecule has 1 unspecified atom stereocenters. The minimum atomic E-state index is -0.845. The minimum absolute atomic E-state index is 0.193. The number of esters is 1. The van der Waals surface area contributed by atoms with E-state index in [0.717, 1.165) is 18.6 Å². The van der Waals surface area contributed by atoms with Crippen molar-refractivity contribution in [2.24, 2.45) is 11.3 Å². The van der Waals surface area contributed by atoms with Crippen LogP contribution in [0.1, 0.15) is 33.1 Å². The van der Waals surface area contributed by atoms with E-state index in [1.54, 1.807) is 0 Å². The van der Waals surface area contributed by atoms with Gasteiger partial charge in [-0.2, -0.15) is 0 Å². The fourth-order valence-corrected chi connectivity index (χ4v) is 3.24. The Balaban J connectivity index is 2.08. The van der Waals surface area contributed by atoms with Crippen molar-refractivity contribution in [3.63, 3.8) is 0 Å². The van der Waals surface area contributed by atoms with Gasteiger partial charge in [0.1, 0.15) is 0 Å². The summed E-state index contributed by atoms with van der Waals surface area (Å²) >= 11 is 0. The SMILES string of the molecule is C=C1C(=O)O[C@]23CC1CC[C@@]2(C)C=CC=C(C)O3. The standard InChI is InChI=1S/C15H18O3/c1-10-5-4-7-14(3)8-6-12-9-15(14,17-10)18-13(16)11(12)2/h4-5,7,12H,2,6,8-9H2,1,3H3/t12?,14-,15-/m1/s1. The number of allylic oxidation sites excluding steroid dienone is 3. The second-order valence-corrected chi connectivity index (χ2v) is 5.76. The lowest BCUT2D eigenvalue weighted by Crippen LogP contribution is -2.58. The average molecular weight is 246 g/mol. The zero-order valence-corrected chi connectivity index (χ0v) is 10.9. The van der Waals surface area contributed by atoms with Gasteiger partial charge >= 0.3 is 5.97 Å². The summed E-state index contributed by atoms with van der Waals surface area (Å²) in [5.74, 6) is -0.170. The zero-order valence-electron chi connectivity index (χ0n) is 10.9. The molecule has 1 aliphatic carbocycles. The molecule has 2 aliphatic heterocycles. The van der Waals surface area contributed by atoms with Crippen LogP contribution >= 0.6 is 0 Å². The second-order valence-electron chi connectivity index (χ2n) is 5.76. The second kappa shape index (κ2) is 3.50. The molecule has 0 amide bonds. The molecular weight excluding hydrogens is 228 g/mol. The highest BCUT2D eigenvalue weighted by Crippen LogP contribution is 2.55. The van der Waals surface area contributed by atoms with E-state index >= 15 is 0 Å². The maximum Gasteiger partial charge on any atom is 0.337 e. The molecule has 3 heteroatoms.